The fraction of sp³-hybridized carbons (Fsp3) is 0.619. The van der Waals surface area contributed by atoms with E-state index in [1.165, 1.54) is 0 Å². The zero-order valence-electron chi connectivity index (χ0n) is 19.4. The van der Waals surface area contributed by atoms with E-state index < -0.39 is 47.2 Å². The lowest BCUT2D eigenvalue weighted by Crippen LogP contribution is -2.28. The Hall–Kier alpha value is -2.43. The molecule has 0 aliphatic heterocycles. The third kappa shape index (κ3) is 12.5. The summed E-state index contributed by atoms with van der Waals surface area (Å²) in [6.07, 6.45) is -0.457. The number of benzene rings is 1. The largest absolute Gasteiger partial charge is 0.420 e. The first kappa shape index (κ1) is 31.6. The van der Waals surface area contributed by atoms with Gasteiger partial charge in [0, 0.05) is 6.54 Å². The second kappa shape index (κ2) is 18.8. The maximum atomic E-state index is 13.5. The number of hydrogen-bond donors (Lipinski definition) is 2. The van der Waals surface area contributed by atoms with Gasteiger partial charge in [-0.2, -0.15) is 8.78 Å². The number of amides is 1. The number of ether oxygens (including phenoxy) is 6. The standard InChI is InChI=1S/C21H29F5N2O8/c22-16-17(23)19(25)21(20(26)18(16)24)36-15(30)2-5-32-8-7-31-4-1-14(29)28-13-35-12-11-34-10-9-33-6-3-27/h1-13,27H2,(H,28,29). The van der Waals surface area contributed by atoms with Crippen LogP contribution in [-0.2, 0) is 33.3 Å². The second-order valence-corrected chi connectivity index (χ2v) is 6.76. The summed E-state index contributed by atoms with van der Waals surface area (Å²) in [6, 6.07) is 0. The minimum Gasteiger partial charge on any atom is -0.420 e. The van der Waals surface area contributed by atoms with E-state index in [4.69, 9.17) is 29.4 Å². The SMILES string of the molecule is NCCOCCOCCOCNC(=O)CCOCCOCCC(=O)Oc1c(F)c(F)c(F)c(F)c1F. The average molecular weight is 532 g/mol. The van der Waals surface area contributed by atoms with E-state index in [0.717, 1.165) is 0 Å². The zero-order valence-corrected chi connectivity index (χ0v) is 19.4. The molecule has 15 heteroatoms. The summed E-state index contributed by atoms with van der Waals surface area (Å²) in [5.74, 6) is -14.6. The van der Waals surface area contributed by atoms with Gasteiger partial charge >= 0.3 is 5.97 Å². The predicted octanol–water partition coefficient (Wildman–Crippen LogP) is 1.18. The molecule has 36 heavy (non-hydrogen) atoms. The molecule has 0 fully saturated rings. The molecule has 1 amide bonds. The van der Waals surface area contributed by atoms with Crippen molar-refractivity contribution in [1.82, 2.24) is 5.32 Å². The van der Waals surface area contributed by atoms with E-state index in [0.29, 0.717) is 39.6 Å². The molecule has 0 saturated carbocycles. The van der Waals surface area contributed by atoms with Gasteiger partial charge in [-0.25, -0.2) is 13.2 Å². The van der Waals surface area contributed by atoms with Crippen molar-refractivity contribution in [2.24, 2.45) is 5.73 Å². The highest BCUT2D eigenvalue weighted by atomic mass is 19.2. The molecule has 0 heterocycles. The first-order chi connectivity index (χ1) is 17.3. The molecule has 0 atom stereocenters. The van der Waals surface area contributed by atoms with Crippen LogP contribution in [0.1, 0.15) is 12.8 Å². The van der Waals surface area contributed by atoms with E-state index in [2.05, 4.69) is 10.1 Å². The molecule has 0 radical (unpaired) electrons. The summed E-state index contributed by atoms with van der Waals surface area (Å²) >= 11 is 0. The van der Waals surface area contributed by atoms with Crippen LogP contribution in [0.4, 0.5) is 22.0 Å². The van der Waals surface area contributed by atoms with Crippen LogP contribution in [0.25, 0.3) is 0 Å². The van der Waals surface area contributed by atoms with Gasteiger partial charge in [0.05, 0.1) is 72.3 Å². The zero-order chi connectivity index (χ0) is 26.8. The van der Waals surface area contributed by atoms with Crippen molar-refractivity contribution in [3.8, 4) is 5.75 Å². The Morgan fingerprint density at radius 2 is 1.06 bits per heavy atom. The van der Waals surface area contributed by atoms with Crippen LogP contribution in [0, 0.1) is 29.1 Å². The summed E-state index contributed by atoms with van der Waals surface area (Å²) in [6.45, 7) is 2.33. The molecule has 10 nitrogen and oxygen atoms in total. The second-order valence-electron chi connectivity index (χ2n) is 6.76. The van der Waals surface area contributed by atoms with Crippen LogP contribution in [-0.4, -0.2) is 84.6 Å². The normalized spacial score (nSPS) is 11.1. The number of nitrogens with one attached hydrogen (secondary N) is 1. The Kier molecular flexibility index (Phi) is 16.5. The summed E-state index contributed by atoms with van der Waals surface area (Å²) in [5.41, 5.74) is 5.27. The number of halogens is 5. The number of carbonyl (C=O) groups is 2. The first-order valence-electron chi connectivity index (χ1n) is 10.9. The first-order valence-corrected chi connectivity index (χ1v) is 10.9. The van der Waals surface area contributed by atoms with Crippen molar-refractivity contribution in [2.75, 3.05) is 72.7 Å². The van der Waals surface area contributed by atoms with Gasteiger partial charge in [-0.15, -0.1) is 0 Å². The molecule has 0 bridgehead atoms. The topological polar surface area (TPSA) is 128 Å². The molecule has 3 N–H and O–H groups in total. The lowest BCUT2D eigenvalue weighted by Gasteiger charge is -2.09. The molecule has 0 aromatic heterocycles. The van der Waals surface area contributed by atoms with Gasteiger partial charge in [0.25, 0.3) is 0 Å². The highest BCUT2D eigenvalue weighted by Gasteiger charge is 2.28. The van der Waals surface area contributed by atoms with E-state index >= 15 is 0 Å². The van der Waals surface area contributed by atoms with E-state index in [1.54, 1.807) is 0 Å². The molecule has 1 aromatic rings. The Labute approximate surface area is 204 Å². The van der Waals surface area contributed by atoms with Crippen molar-refractivity contribution in [2.45, 2.75) is 12.8 Å². The predicted molar refractivity (Wildman–Crippen MR) is 112 cm³/mol. The van der Waals surface area contributed by atoms with Gasteiger partial charge in [-0.05, 0) is 0 Å². The quantitative estimate of drug-likeness (QED) is 0.0484. The highest BCUT2D eigenvalue weighted by molar-refractivity contribution is 5.75. The van der Waals surface area contributed by atoms with Crippen LogP contribution in [0.3, 0.4) is 0 Å². The molecule has 1 aromatic carbocycles. The van der Waals surface area contributed by atoms with Gasteiger partial charge in [0.15, 0.2) is 0 Å². The van der Waals surface area contributed by atoms with E-state index in [9.17, 15) is 31.5 Å². The molecule has 0 aliphatic carbocycles. The molecular weight excluding hydrogens is 503 g/mol. The van der Waals surface area contributed by atoms with Crippen molar-refractivity contribution in [1.29, 1.82) is 0 Å². The van der Waals surface area contributed by atoms with Crippen molar-refractivity contribution in [3.63, 3.8) is 0 Å². The summed E-state index contributed by atoms with van der Waals surface area (Å²) in [4.78, 5) is 23.2. The maximum absolute atomic E-state index is 13.5. The highest BCUT2D eigenvalue weighted by Crippen LogP contribution is 2.29. The van der Waals surface area contributed by atoms with Crippen LogP contribution in [0.5, 0.6) is 5.75 Å². The number of nitrogens with two attached hydrogens (primary N) is 1. The van der Waals surface area contributed by atoms with E-state index in [1.807, 2.05) is 0 Å². The van der Waals surface area contributed by atoms with E-state index in [-0.39, 0.29) is 45.5 Å². The molecule has 0 saturated heterocycles. The number of hydrogen-bond acceptors (Lipinski definition) is 9. The molecule has 0 unspecified atom stereocenters. The lowest BCUT2D eigenvalue weighted by molar-refractivity contribution is -0.136. The van der Waals surface area contributed by atoms with Crippen molar-refractivity contribution in [3.05, 3.63) is 29.1 Å². The Balaban J connectivity index is 2.00. The van der Waals surface area contributed by atoms with Crippen molar-refractivity contribution >= 4 is 11.9 Å². The summed E-state index contributed by atoms with van der Waals surface area (Å²) in [5, 5.41) is 2.52. The fourth-order valence-corrected chi connectivity index (χ4v) is 2.30. The molecule has 0 aliphatic rings. The average Bonchev–Trinajstić information content (AvgIpc) is 2.86. The number of esters is 1. The lowest BCUT2D eigenvalue weighted by atomic mass is 10.2. The van der Waals surface area contributed by atoms with Gasteiger partial charge in [0.2, 0.25) is 40.7 Å². The minimum absolute atomic E-state index is 0.0100. The molecular formula is C21H29F5N2O8. The van der Waals surface area contributed by atoms with Crippen LogP contribution < -0.4 is 15.8 Å². The van der Waals surface area contributed by atoms with Crippen molar-refractivity contribution < 1.29 is 60.0 Å². The van der Waals surface area contributed by atoms with Crippen LogP contribution in [0.2, 0.25) is 0 Å². The molecule has 206 valence electrons. The number of rotatable bonds is 20. The van der Waals surface area contributed by atoms with Gasteiger partial charge < -0.3 is 39.5 Å². The maximum Gasteiger partial charge on any atom is 0.313 e. The van der Waals surface area contributed by atoms with Crippen LogP contribution >= 0.6 is 0 Å². The Bertz CT molecular complexity index is 790. The Morgan fingerprint density at radius 1 is 0.611 bits per heavy atom. The van der Waals surface area contributed by atoms with Gasteiger partial charge in [0.1, 0.15) is 6.73 Å². The fourth-order valence-electron chi connectivity index (χ4n) is 2.30. The molecule has 1 rings (SSSR count). The van der Waals surface area contributed by atoms with Crippen LogP contribution in [0.15, 0.2) is 0 Å². The Morgan fingerprint density at radius 3 is 1.61 bits per heavy atom. The minimum atomic E-state index is -2.36. The number of carbonyl (C=O) groups excluding carboxylic acids is 2. The third-order valence-corrected chi connectivity index (χ3v) is 4.06. The monoisotopic (exact) mass is 532 g/mol. The van der Waals surface area contributed by atoms with Gasteiger partial charge in [-0.1, -0.05) is 0 Å². The van der Waals surface area contributed by atoms with Gasteiger partial charge in [-0.3, -0.25) is 9.59 Å². The smallest absolute Gasteiger partial charge is 0.313 e. The third-order valence-electron chi connectivity index (χ3n) is 4.06. The summed E-state index contributed by atoms with van der Waals surface area (Å²) < 4.78 is 96.0. The molecule has 0 spiro atoms. The summed E-state index contributed by atoms with van der Waals surface area (Å²) in [7, 11) is 0.